The summed E-state index contributed by atoms with van der Waals surface area (Å²) in [4.78, 5) is 6.81. The van der Waals surface area contributed by atoms with Crippen molar-refractivity contribution in [3.05, 3.63) is 30.0 Å². The molecule has 3 rings (SSSR count). The van der Waals surface area contributed by atoms with E-state index in [1.165, 1.54) is 25.0 Å². The number of nitrogens with zero attached hydrogens (tertiary/aromatic N) is 3. The van der Waals surface area contributed by atoms with E-state index in [-0.39, 0.29) is 0 Å². The Bertz CT molecular complexity index is 748. The third-order valence-corrected chi connectivity index (χ3v) is 5.47. The zero-order valence-corrected chi connectivity index (χ0v) is 15.1. The Kier molecular flexibility index (Phi) is 5.47. The van der Waals surface area contributed by atoms with E-state index in [0.29, 0.717) is 5.56 Å². The predicted molar refractivity (Wildman–Crippen MR) is 101 cm³/mol. The Hall–Kier alpha value is -1.93. The average molecular weight is 341 g/mol. The van der Waals surface area contributed by atoms with Gasteiger partial charge in [0.25, 0.3) is 0 Å². The summed E-state index contributed by atoms with van der Waals surface area (Å²) >= 11 is 1.93. The molecule has 1 fully saturated rings. The molecule has 4 nitrogen and oxygen atoms in total. The number of hydrogen-bond donors (Lipinski definition) is 0. The lowest BCUT2D eigenvalue weighted by molar-refractivity contribution is 0.398. The van der Waals surface area contributed by atoms with Gasteiger partial charge in [0.2, 0.25) is 0 Å². The van der Waals surface area contributed by atoms with Crippen LogP contribution < -0.4 is 9.64 Å². The monoisotopic (exact) mass is 341 g/mol. The van der Waals surface area contributed by atoms with Crippen molar-refractivity contribution in [3.63, 3.8) is 0 Å². The van der Waals surface area contributed by atoms with Gasteiger partial charge in [-0.3, -0.25) is 4.98 Å². The van der Waals surface area contributed by atoms with Gasteiger partial charge in [0, 0.05) is 30.7 Å². The fourth-order valence-corrected chi connectivity index (χ4v) is 4.01. The van der Waals surface area contributed by atoms with Gasteiger partial charge >= 0.3 is 0 Å². The second-order valence-electron chi connectivity index (χ2n) is 6.23. The average Bonchev–Trinajstić information content (AvgIpc) is 2.65. The van der Waals surface area contributed by atoms with Crippen molar-refractivity contribution in [1.29, 1.82) is 5.26 Å². The van der Waals surface area contributed by atoms with Crippen LogP contribution in [0.25, 0.3) is 10.9 Å². The maximum Gasteiger partial charge on any atom is 0.121 e. The highest BCUT2D eigenvalue weighted by Crippen LogP contribution is 2.34. The number of piperidine rings is 1. The van der Waals surface area contributed by atoms with Crippen molar-refractivity contribution in [2.45, 2.75) is 19.3 Å². The molecule has 1 aromatic heterocycles. The van der Waals surface area contributed by atoms with E-state index in [0.717, 1.165) is 41.3 Å². The zero-order valence-electron chi connectivity index (χ0n) is 14.3. The Balaban J connectivity index is 1.89. The Morgan fingerprint density at radius 1 is 1.38 bits per heavy atom. The van der Waals surface area contributed by atoms with Gasteiger partial charge in [-0.1, -0.05) is 0 Å². The second-order valence-corrected chi connectivity index (χ2v) is 7.21. The molecule has 0 amide bonds. The van der Waals surface area contributed by atoms with E-state index in [9.17, 15) is 5.26 Å². The molecule has 2 aromatic rings. The van der Waals surface area contributed by atoms with Crippen LogP contribution in [0.15, 0.2) is 24.4 Å². The first-order valence-electron chi connectivity index (χ1n) is 8.37. The molecule has 126 valence electrons. The number of rotatable bonds is 5. The van der Waals surface area contributed by atoms with E-state index in [4.69, 9.17) is 4.74 Å². The number of methoxy groups -OCH3 is 1. The summed E-state index contributed by atoms with van der Waals surface area (Å²) in [6, 6.07) is 8.23. The summed E-state index contributed by atoms with van der Waals surface area (Å²) in [5, 5.41) is 10.6. The number of pyridine rings is 1. The highest BCUT2D eigenvalue weighted by atomic mass is 32.2. The Morgan fingerprint density at radius 2 is 2.17 bits per heavy atom. The van der Waals surface area contributed by atoms with Crippen LogP contribution in [0, 0.1) is 17.2 Å². The predicted octanol–water partition coefficient (Wildman–Crippen LogP) is 4.08. The Labute approximate surface area is 147 Å². The van der Waals surface area contributed by atoms with Gasteiger partial charge in [-0.2, -0.15) is 17.0 Å². The zero-order chi connectivity index (χ0) is 16.9. The molecule has 2 heterocycles. The minimum atomic E-state index is 0.662. The number of benzene rings is 1. The molecule has 0 bridgehead atoms. The van der Waals surface area contributed by atoms with Crippen molar-refractivity contribution in [3.8, 4) is 11.8 Å². The van der Waals surface area contributed by atoms with E-state index in [1.807, 2.05) is 30.0 Å². The summed E-state index contributed by atoms with van der Waals surface area (Å²) in [6.07, 6.45) is 7.56. The minimum Gasteiger partial charge on any atom is -0.497 e. The summed E-state index contributed by atoms with van der Waals surface area (Å²) in [7, 11) is 1.66. The van der Waals surface area contributed by atoms with Crippen molar-refractivity contribution >= 4 is 28.4 Å². The van der Waals surface area contributed by atoms with Crippen LogP contribution in [0.4, 0.5) is 5.69 Å². The molecule has 0 atom stereocenters. The van der Waals surface area contributed by atoms with Crippen LogP contribution in [-0.2, 0) is 0 Å². The minimum absolute atomic E-state index is 0.662. The molecular weight excluding hydrogens is 318 g/mol. The third kappa shape index (κ3) is 3.44. The van der Waals surface area contributed by atoms with Gasteiger partial charge in [0.1, 0.15) is 11.8 Å². The van der Waals surface area contributed by atoms with E-state index < -0.39 is 0 Å². The maximum absolute atomic E-state index is 9.53. The fourth-order valence-electron chi connectivity index (χ4n) is 3.44. The van der Waals surface area contributed by atoms with E-state index in [1.54, 1.807) is 13.3 Å². The lowest BCUT2D eigenvalue weighted by Gasteiger charge is -2.34. The molecule has 1 aliphatic heterocycles. The number of thioether (sulfide) groups is 1. The van der Waals surface area contributed by atoms with Gasteiger partial charge in [0.15, 0.2) is 0 Å². The number of hydrogen-bond acceptors (Lipinski definition) is 5. The van der Waals surface area contributed by atoms with Crippen LogP contribution in [0.2, 0.25) is 0 Å². The molecule has 0 aliphatic carbocycles. The molecule has 0 spiro atoms. The molecule has 5 heteroatoms. The molecule has 0 unspecified atom stereocenters. The molecule has 1 aliphatic rings. The third-order valence-electron chi connectivity index (χ3n) is 4.83. The van der Waals surface area contributed by atoms with E-state index >= 15 is 0 Å². The van der Waals surface area contributed by atoms with Gasteiger partial charge in [-0.15, -0.1) is 0 Å². The first-order valence-corrected chi connectivity index (χ1v) is 9.77. The van der Waals surface area contributed by atoms with Crippen LogP contribution in [0.5, 0.6) is 5.75 Å². The second kappa shape index (κ2) is 7.76. The quantitative estimate of drug-likeness (QED) is 0.820. The van der Waals surface area contributed by atoms with Crippen molar-refractivity contribution in [2.24, 2.45) is 5.92 Å². The van der Waals surface area contributed by atoms with E-state index in [2.05, 4.69) is 22.2 Å². The fraction of sp³-hybridized carbons (Fsp3) is 0.474. The first kappa shape index (κ1) is 16.9. The maximum atomic E-state index is 9.53. The van der Waals surface area contributed by atoms with Gasteiger partial charge in [0.05, 0.1) is 23.9 Å². The van der Waals surface area contributed by atoms with Gasteiger partial charge in [-0.05, 0) is 49.3 Å². The standard InChI is InChI=1S/C19H23N3OS/c1-23-16-3-4-17-18(11-16)21-13-15(12-20)19(17)22-8-5-14(6-9-22)7-10-24-2/h3-4,11,13-14H,5-10H2,1-2H3. The van der Waals surface area contributed by atoms with Gasteiger partial charge in [-0.25, -0.2) is 0 Å². The normalized spacial score (nSPS) is 15.5. The number of nitriles is 1. The summed E-state index contributed by atoms with van der Waals surface area (Å²) in [5.41, 5.74) is 2.58. The van der Waals surface area contributed by atoms with Crippen LogP contribution in [0.1, 0.15) is 24.8 Å². The molecule has 0 radical (unpaired) electrons. The summed E-state index contributed by atoms with van der Waals surface area (Å²) in [6.45, 7) is 2.03. The Morgan fingerprint density at radius 3 is 2.83 bits per heavy atom. The van der Waals surface area contributed by atoms with Crippen molar-refractivity contribution in [1.82, 2.24) is 4.98 Å². The molecule has 0 saturated carbocycles. The molecule has 0 N–H and O–H groups in total. The number of ether oxygens (including phenoxy) is 1. The van der Waals surface area contributed by atoms with Gasteiger partial charge < -0.3 is 9.64 Å². The summed E-state index contributed by atoms with van der Waals surface area (Å²) in [5.74, 6) is 2.85. The molecular formula is C19H23N3OS. The lowest BCUT2D eigenvalue weighted by atomic mass is 9.93. The SMILES string of the molecule is COc1ccc2c(N3CCC(CCSC)CC3)c(C#N)cnc2c1. The lowest BCUT2D eigenvalue weighted by Crippen LogP contribution is -2.34. The topological polar surface area (TPSA) is 49.1 Å². The number of anilines is 1. The van der Waals surface area contributed by atoms with Crippen LogP contribution in [-0.4, -0.2) is 37.2 Å². The number of fused-ring (bicyclic) bond motifs is 1. The largest absolute Gasteiger partial charge is 0.497 e. The molecule has 1 saturated heterocycles. The summed E-state index contributed by atoms with van der Waals surface area (Å²) < 4.78 is 5.30. The number of aromatic nitrogens is 1. The smallest absolute Gasteiger partial charge is 0.121 e. The highest BCUT2D eigenvalue weighted by Gasteiger charge is 2.23. The highest BCUT2D eigenvalue weighted by molar-refractivity contribution is 7.98. The molecule has 24 heavy (non-hydrogen) atoms. The van der Waals surface area contributed by atoms with Crippen molar-refractivity contribution < 1.29 is 4.74 Å². The molecule has 1 aromatic carbocycles. The first-order chi connectivity index (χ1) is 11.8. The van der Waals surface area contributed by atoms with Crippen molar-refractivity contribution in [2.75, 3.05) is 37.1 Å². The van der Waals surface area contributed by atoms with Crippen LogP contribution in [0.3, 0.4) is 0 Å². The van der Waals surface area contributed by atoms with Crippen LogP contribution >= 0.6 is 11.8 Å².